The molecule has 3 aliphatic rings. The highest BCUT2D eigenvalue weighted by molar-refractivity contribution is 5.94. The highest BCUT2D eigenvalue weighted by Crippen LogP contribution is 2.38. The number of benzene rings is 2. The van der Waals surface area contributed by atoms with E-state index in [0.717, 1.165) is 70.7 Å². The molecule has 3 aromatic heterocycles. The SMILES string of the molecule is Cc1cccnc1-c1cccc(-c2[nH]nc3ncc(-c4ccc5c(c4)CCC(N4C6COCC4C6)CC5)cc23)c1. The fraction of sp³-hybridized carbons (Fsp3) is 0.324. The number of nitrogens with zero attached hydrogens (tertiary/aromatic N) is 4. The highest BCUT2D eigenvalue weighted by Gasteiger charge is 2.45. The van der Waals surface area contributed by atoms with E-state index in [1.165, 1.54) is 36.0 Å². The Kier molecular flexibility index (Phi) is 5.78. The number of aromatic nitrogens is 4. The zero-order valence-electron chi connectivity index (χ0n) is 22.8. The minimum atomic E-state index is 0.649. The number of H-pyrrole nitrogens is 1. The normalized spacial score (nSPS) is 22.5. The average molecular weight is 528 g/mol. The molecule has 6 heteroatoms. The number of aryl methyl sites for hydroxylation is 3. The van der Waals surface area contributed by atoms with Crippen LogP contribution in [-0.4, -0.2) is 56.4 Å². The Balaban J connectivity index is 1.09. The molecule has 2 aliphatic heterocycles. The zero-order chi connectivity index (χ0) is 26.6. The molecule has 8 rings (SSSR count). The Morgan fingerprint density at radius 2 is 1.65 bits per heavy atom. The number of fused-ring (bicyclic) bond motifs is 4. The lowest BCUT2D eigenvalue weighted by Gasteiger charge is -2.56. The van der Waals surface area contributed by atoms with E-state index in [2.05, 4.69) is 81.6 Å². The molecule has 0 saturated carbocycles. The number of hydrogen-bond donors (Lipinski definition) is 1. The largest absolute Gasteiger partial charge is 0.378 e. The molecule has 0 spiro atoms. The van der Waals surface area contributed by atoms with Gasteiger partial charge in [-0.15, -0.1) is 0 Å². The molecule has 6 nitrogen and oxygen atoms in total. The van der Waals surface area contributed by atoms with Crippen molar-refractivity contribution in [2.24, 2.45) is 0 Å². The smallest absolute Gasteiger partial charge is 0.181 e. The number of pyridine rings is 2. The Labute approximate surface area is 234 Å². The van der Waals surface area contributed by atoms with Gasteiger partial charge in [-0.2, -0.15) is 5.10 Å². The van der Waals surface area contributed by atoms with Crippen molar-refractivity contribution in [3.05, 3.63) is 89.7 Å². The van der Waals surface area contributed by atoms with Crippen LogP contribution in [0.1, 0.15) is 36.0 Å². The Morgan fingerprint density at radius 3 is 2.50 bits per heavy atom. The lowest BCUT2D eigenvalue weighted by atomic mass is 9.87. The van der Waals surface area contributed by atoms with E-state index in [0.29, 0.717) is 18.1 Å². The zero-order valence-corrected chi connectivity index (χ0v) is 22.8. The van der Waals surface area contributed by atoms with E-state index in [1.807, 2.05) is 18.5 Å². The molecule has 1 aliphatic carbocycles. The van der Waals surface area contributed by atoms with Gasteiger partial charge in [0.05, 0.1) is 24.6 Å². The molecule has 40 heavy (non-hydrogen) atoms. The second-order valence-electron chi connectivity index (χ2n) is 11.7. The third-order valence-corrected chi connectivity index (χ3v) is 9.31. The minimum absolute atomic E-state index is 0.649. The summed E-state index contributed by atoms with van der Waals surface area (Å²) in [7, 11) is 0. The summed E-state index contributed by atoms with van der Waals surface area (Å²) in [6, 6.07) is 23.8. The molecule has 5 heterocycles. The summed E-state index contributed by atoms with van der Waals surface area (Å²) in [5, 5.41) is 8.82. The monoisotopic (exact) mass is 527 g/mol. The third kappa shape index (κ3) is 4.05. The van der Waals surface area contributed by atoms with E-state index < -0.39 is 0 Å². The van der Waals surface area contributed by atoms with Crippen molar-refractivity contribution in [3.63, 3.8) is 0 Å². The predicted molar refractivity (Wildman–Crippen MR) is 158 cm³/mol. The van der Waals surface area contributed by atoms with Gasteiger partial charge in [-0.05, 0) is 79.5 Å². The fourth-order valence-corrected chi connectivity index (χ4v) is 7.22. The van der Waals surface area contributed by atoms with Crippen LogP contribution < -0.4 is 0 Å². The molecule has 2 bridgehead atoms. The van der Waals surface area contributed by atoms with Crippen molar-refractivity contribution in [3.8, 4) is 33.6 Å². The van der Waals surface area contributed by atoms with Crippen molar-refractivity contribution < 1.29 is 4.74 Å². The van der Waals surface area contributed by atoms with E-state index in [9.17, 15) is 0 Å². The second-order valence-corrected chi connectivity index (χ2v) is 11.7. The first kappa shape index (κ1) is 24.0. The molecule has 1 N–H and O–H groups in total. The van der Waals surface area contributed by atoms with Crippen LogP contribution in [0.4, 0.5) is 0 Å². The first-order chi connectivity index (χ1) is 19.7. The van der Waals surface area contributed by atoms with Crippen LogP contribution in [0.5, 0.6) is 0 Å². The fourth-order valence-electron chi connectivity index (χ4n) is 7.22. The maximum atomic E-state index is 5.75. The summed E-state index contributed by atoms with van der Waals surface area (Å²) in [5.74, 6) is 0. The number of ether oxygens (including phenoxy) is 1. The van der Waals surface area contributed by atoms with Crippen LogP contribution in [0.2, 0.25) is 0 Å². The molecule has 3 unspecified atom stereocenters. The van der Waals surface area contributed by atoms with Crippen molar-refractivity contribution in [1.29, 1.82) is 0 Å². The van der Waals surface area contributed by atoms with E-state index in [1.54, 1.807) is 0 Å². The number of nitrogens with one attached hydrogen (secondary N) is 1. The summed E-state index contributed by atoms with van der Waals surface area (Å²) in [6.07, 6.45) is 9.92. The van der Waals surface area contributed by atoms with Gasteiger partial charge < -0.3 is 4.74 Å². The van der Waals surface area contributed by atoms with Crippen LogP contribution in [-0.2, 0) is 17.6 Å². The topological polar surface area (TPSA) is 66.9 Å². The Hall–Kier alpha value is -3.87. The predicted octanol–water partition coefficient (Wildman–Crippen LogP) is 6.38. The quantitative estimate of drug-likeness (QED) is 0.275. The lowest BCUT2D eigenvalue weighted by molar-refractivity contribution is -0.148. The van der Waals surface area contributed by atoms with Crippen molar-refractivity contribution in [1.82, 2.24) is 25.1 Å². The first-order valence-electron chi connectivity index (χ1n) is 14.6. The number of aromatic amines is 1. The van der Waals surface area contributed by atoms with Gasteiger partial charge in [0.2, 0.25) is 0 Å². The van der Waals surface area contributed by atoms with Gasteiger partial charge in [0.15, 0.2) is 5.65 Å². The van der Waals surface area contributed by atoms with Gasteiger partial charge >= 0.3 is 0 Å². The van der Waals surface area contributed by atoms with Crippen LogP contribution in [0, 0.1) is 6.92 Å². The number of rotatable bonds is 4. The second kappa shape index (κ2) is 9.65. The molecule has 2 fully saturated rings. The van der Waals surface area contributed by atoms with Gasteiger partial charge in [-0.25, -0.2) is 4.98 Å². The van der Waals surface area contributed by atoms with Gasteiger partial charge in [0.25, 0.3) is 0 Å². The van der Waals surface area contributed by atoms with Crippen molar-refractivity contribution >= 4 is 11.0 Å². The van der Waals surface area contributed by atoms with Gasteiger partial charge in [-0.3, -0.25) is 15.0 Å². The molecule has 0 radical (unpaired) electrons. The molecule has 0 amide bonds. The van der Waals surface area contributed by atoms with E-state index in [4.69, 9.17) is 9.72 Å². The third-order valence-electron chi connectivity index (χ3n) is 9.31. The summed E-state index contributed by atoms with van der Waals surface area (Å²) >= 11 is 0. The minimum Gasteiger partial charge on any atom is -0.378 e. The average Bonchev–Trinajstić information content (AvgIpc) is 3.32. The highest BCUT2D eigenvalue weighted by atomic mass is 16.5. The van der Waals surface area contributed by atoms with Crippen LogP contribution >= 0.6 is 0 Å². The molecule has 2 aromatic carbocycles. The van der Waals surface area contributed by atoms with Crippen molar-refractivity contribution in [2.45, 2.75) is 57.2 Å². The lowest BCUT2D eigenvalue weighted by Crippen LogP contribution is -2.66. The molecule has 3 atom stereocenters. The number of morpholine rings is 1. The molecular weight excluding hydrogens is 494 g/mol. The summed E-state index contributed by atoms with van der Waals surface area (Å²) in [5.41, 5.74) is 11.4. The summed E-state index contributed by atoms with van der Waals surface area (Å²) in [4.78, 5) is 12.1. The van der Waals surface area contributed by atoms with Gasteiger partial charge in [0, 0.05) is 52.6 Å². The maximum Gasteiger partial charge on any atom is 0.181 e. The maximum absolute atomic E-state index is 5.75. The molecular formula is C34H33N5O. The van der Waals surface area contributed by atoms with Crippen LogP contribution in [0.15, 0.2) is 73.1 Å². The van der Waals surface area contributed by atoms with Crippen LogP contribution in [0.25, 0.3) is 44.7 Å². The van der Waals surface area contributed by atoms with E-state index in [-0.39, 0.29) is 0 Å². The van der Waals surface area contributed by atoms with Crippen molar-refractivity contribution in [2.75, 3.05) is 13.2 Å². The first-order valence-corrected chi connectivity index (χ1v) is 14.6. The Morgan fingerprint density at radius 1 is 0.800 bits per heavy atom. The number of hydrogen-bond acceptors (Lipinski definition) is 5. The van der Waals surface area contributed by atoms with E-state index >= 15 is 0 Å². The van der Waals surface area contributed by atoms with Crippen LogP contribution in [0.3, 0.4) is 0 Å². The standard InChI is InChI=1S/C34H33N5O/c1-21-4-3-13-35-32(21)25-5-2-6-26(15-25)33-31-16-27(18-36-34(31)38-37-33)24-8-7-22-9-11-28(12-10-23(22)14-24)39-29-17-30(39)20-40-19-29/h2-8,13-16,18,28-30H,9-12,17,19-20H2,1H3,(H,36,37,38). The van der Waals surface area contributed by atoms with Gasteiger partial charge in [-0.1, -0.05) is 42.5 Å². The summed E-state index contributed by atoms with van der Waals surface area (Å²) in [6.45, 7) is 3.94. The molecule has 2 saturated heterocycles. The summed E-state index contributed by atoms with van der Waals surface area (Å²) < 4.78 is 5.75. The van der Waals surface area contributed by atoms with Gasteiger partial charge in [0.1, 0.15) is 0 Å². The Bertz CT molecular complexity index is 1710. The molecule has 5 aromatic rings. The molecule has 200 valence electrons.